The molecule has 0 spiro atoms. The predicted octanol–water partition coefficient (Wildman–Crippen LogP) is 3.69. The Balaban J connectivity index is 2.08. The van der Waals surface area contributed by atoms with Crippen LogP contribution in [0.1, 0.15) is 11.3 Å². The predicted molar refractivity (Wildman–Crippen MR) is 81.9 cm³/mol. The van der Waals surface area contributed by atoms with Crippen molar-refractivity contribution >= 4 is 23.1 Å². The van der Waals surface area contributed by atoms with E-state index in [-0.39, 0.29) is 6.42 Å². The largest absolute Gasteiger partial charge is 0.481 e. The van der Waals surface area contributed by atoms with Gasteiger partial charge in [0.2, 0.25) is 0 Å². The van der Waals surface area contributed by atoms with Gasteiger partial charge in [-0.3, -0.25) is 9.20 Å². The highest BCUT2D eigenvalue weighted by molar-refractivity contribution is 5.72. The van der Waals surface area contributed by atoms with Crippen molar-refractivity contribution in [3.63, 3.8) is 0 Å². The fraction of sp³-hybridized carbons (Fsp3) is 0.125. The van der Waals surface area contributed by atoms with Crippen LogP contribution < -0.4 is 0 Å². The number of hydrogen-bond acceptors (Lipinski definition) is 4. The van der Waals surface area contributed by atoms with Crippen LogP contribution in [0.3, 0.4) is 0 Å². The Kier molecular flexibility index (Phi) is 3.65. The first kappa shape index (κ1) is 13.9. The number of azo groups is 1. The third-order valence-corrected chi connectivity index (χ3v) is 3.26. The molecule has 0 aliphatic carbocycles. The highest BCUT2D eigenvalue weighted by atomic mass is 16.4. The molecule has 0 fully saturated rings. The molecule has 0 radical (unpaired) electrons. The number of aromatic nitrogens is 2. The smallest absolute Gasteiger partial charge is 0.309 e. The summed E-state index contributed by atoms with van der Waals surface area (Å²) in [5.41, 5.74) is 2.79. The van der Waals surface area contributed by atoms with Gasteiger partial charge in [-0.2, -0.15) is 0 Å². The number of imidazole rings is 1. The van der Waals surface area contributed by atoms with Crippen molar-refractivity contribution < 1.29 is 9.90 Å². The van der Waals surface area contributed by atoms with E-state index < -0.39 is 5.97 Å². The van der Waals surface area contributed by atoms with Gasteiger partial charge in [-0.05, 0) is 30.7 Å². The quantitative estimate of drug-likeness (QED) is 0.745. The zero-order valence-electron chi connectivity index (χ0n) is 12.0. The standard InChI is InChI=1S/C16H14N4O2/c1-11-6-2-3-7-12(11)18-19-16-13(10-15(21)22)17-14-8-4-5-9-20(14)16/h2-9H,10H2,1H3,(H,21,22). The summed E-state index contributed by atoms with van der Waals surface area (Å²) in [6.45, 7) is 1.95. The lowest BCUT2D eigenvalue weighted by Gasteiger charge is -1.99. The molecule has 0 aliphatic heterocycles. The van der Waals surface area contributed by atoms with E-state index in [0.717, 1.165) is 11.3 Å². The Morgan fingerprint density at radius 3 is 2.73 bits per heavy atom. The van der Waals surface area contributed by atoms with E-state index in [1.54, 1.807) is 16.7 Å². The van der Waals surface area contributed by atoms with E-state index in [1.807, 2.05) is 43.3 Å². The topological polar surface area (TPSA) is 79.3 Å². The van der Waals surface area contributed by atoms with E-state index >= 15 is 0 Å². The molecule has 0 atom stereocenters. The first-order valence-electron chi connectivity index (χ1n) is 6.80. The van der Waals surface area contributed by atoms with Crippen LogP contribution in [0.15, 0.2) is 58.9 Å². The van der Waals surface area contributed by atoms with Gasteiger partial charge in [-0.25, -0.2) is 4.98 Å². The molecular weight excluding hydrogens is 280 g/mol. The maximum Gasteiger partial charge on any atom is 0.309 e. The molecule has 1 aromatic carbocycles. The monoisotopic (exact) mass is 294 g/mol. The fourth-order valence-corrected chi connectivity index (χ4v) is 2.18. The Labute approximate surface area is 126 Å². The first-order valence-corrected chi connectivity index (χ1v) is 6.80. The number of pyridine rings is 1. The molecule has 0 saturated heterocycles. The molecule has 2 aromatic heterocycles. The number of rotatable bonds is 4. The molecular formula is C16H14N4O2. The number of carboxylic acids is 1. The van der Waals surface area contributed by atoms with Crippen molar-refractivity contribution in [3.05, 3.63) is 59.9 Å². The molecule has 110 valence electrons. The van der Waals surface area contributed by atoms with E-state index in [2.05, 4.69) is 15.2 Å². The summed E-state index contributed by atoms with van der Waals surface area (Å²) in [5, 5.41) is 17.5. The third kappa shape index (κ3) is 2.71. The lowest BCUT2D eigenvalue weighted by Crippen LogP contribution is -2.00. The summed E-state index contributed by atoms with van der Waals surface area (Å²) in [6, 6.07) is 13.1. The van der Waals surface area contributed by atoms with Crippen LogP contribution in [0.25, 0.3) is 5.65 Å². The molecule has 0 amide bonds. The van der Waals surface area contributed by atoms with Gasteiger partial charge < -0.3 is 5.11 Å². The van der Waals surface area contributed by atoms with Crippen LogP contribution in [-0.2, 0) is 11.2 Å². The van der Waals surface area contributed by atoms with Crippen molar-refractivity contribution in [2.24, 2.45) is 10.2 Å². The Bertz CT molecular complexity index is 867. The van der Waals surface area contributed by atoms with Crippen molar-refractivity contribution in [2.45, 2.75) is 13.3 Å². The van der Waals surface area contributed by atoms with Crippen molar-refractivity contribution in [3.8, 4) is 0 Å². The summed E-state index contributed by atoms with van der Waals surface area (Å²) >= 11 is 0. The summed E-state index contributed by atoms with van der Waals surface area (Å²) in [6.07, 6.45) is 1.60. The molecule has 22 heavy (non-hydrogen) atoms. The molecule has 6 heteroatoms. The van der Waals surface area contributed by atoms with Crippen LogP contribution >= 0.6 is 0 Å². The Morgan fingerprint density at radius 1 is 1.18 bits per heavy atom. The van der Waals surface area contributed by atoms with Gasteiger partial charge in [0, 0.05) is 6.20 Å². The molecule has 3 rings (SSSR count). The molecule has 6 nitrogen and oxygen atoms in total. The summed E-state index contributed by atoms with van der Waals surface area (Å²) < 4.78 is 1.74. The highest BCUT2D eigenvalue weighted by Crippen LogP contribution is 2.25. The molecule has 0 bridgehead atoms. The molecule has 2 heterocycles. The van der Waals surface area contributed by atoms with E-state index in [9.17, 15) is 4.79 Å². The maximum atomic E-state index is 11.0. The van der Waals surface area contributed by atoms with Gasteiger partial charge in [0.1, 0.15) is 5.65 Å². The average molecular weight is 294 g/mol. The second kappa shape index (κ2) is 5.77. The number of hydrogen-bond donors (Lipinski definition) is 1. The Morgan fingerprint density at radius 2 is 1.95 bits per heavy atom. The zero-order valence-corrected chi connectivity index (χ0v) is 12.0. The van der Waals surface area contributed by atoms with Gasteiger partial charge in [0.25, 0.3) is 0 Å². The maximum absolute atomic E-state index is 11.0. The minimum Gasteiger partial charge on any atom is -0.481 e. The number of benzene rings is 1. The number of carbonyl (C=O) groups is 1. The lowest BCUT2D eigenvalue weighted by atomic mass is 10.2. The van der Waals surface area contributed by atoms with Gasteiger partial charge in [0.15, 0.2) is 5.82 Å². The van der Waals surface area contributed by atoms with Gasteiger partial charge in [0.05, 0.1) is 17.8 Å². The van der Waals surface area contributed by atoms with Gasteiger partial charge in [-0.15, -0.1) is 10.2 Å². The molecule has 0 unspecified atom stereocenters. The average Bonchev–Trinajstić information content (AvgIpc) is 2.83. The normalized spacial score (nSPS) is 11.3. The SMILES string of the molecule is Cc1ccccc1N=Nc1c(CC(=O)O)nc2ccccn12. The van der Waals surface area contributed by atoms with Crippen LogP contribution in [-0.4, -0.2) is 20.5 Å². The van der Waals surface area contributed by atoms with Crippen molar-refractivity contribution in [1.82, 2.24) is 9.38 Å². The summed E-state index contributed by atoms with van der Waals surface area (Å²) in [4.78, 5) is 15.3. The molecule has 3 aromatic rings. The number of aliphatic carboxylic acids is 1. The van der Waals surface area contributed by atoms with E-state index in [0.29, 0.717) is 17.2 Å². The van der Waals surface area contributed by atoms with Crippen LogP contribution in [0.4, 0.5) is 11.5 Å². The molecule has 1 N–H and O–H groups in total. The molecule has 0 saturated carbocycles. The number of fused-ring (bicyclic) bond motifs is 1. The molecule has 0 aliphatic rings. The van der Waals surface area contributed by atoms with E-state index in [1.165, 1.54) is 0 Å². The van der Waals surface area contributed by atoms with Gasteiger partial charge >= 0.3 is 5.97 Å². The van der Waals surface area contributed by atoms with Crippen LogP contribution in [0.2, 0.25) is 0 Å². The second-order valence-electron chi connectivity index (χ2n) is 4.87. The van der Waals surface area contributed by atoms with E-state index in [4.69, 9.17) is 5.11 Å². The minimum absolute atomic E-state index is 0.191. The summed E-state index contributed by atoms with van der Waals surface area (Å²) in [5.74, 6) is -0.503. The number of nitrogens with zero attached hydrogens (tertiary/aromatic N) is 4. The van der Waals surface area contributed by atoms with Crippen LogP contribution in [0, 0.1) is 6.92 Å². The van der Waals surface area contributed by atoms with Crippen LogP contribution in [0.5, 0.6) is 0 Å². The first-order chi connectivity index (χ1) is 10.6. The van der Waals surface area contributed by atoms with Crippen molar-refractivity contribution in [1.29, 1.82) is 0 Å². The van der Waals surface area contributed by atoms with Crippen molar-refractivity contribution in [2.75, 3.05) is 0 Å². The number of aryl methyl sites for hydroxylation is 1. The number of carboxylic acid groups (broad SMARTS) is 1. The Hall–Kier alpha value is -3.02. The second-order valence-corrected chi connectivity index (χ2v) is 4.87. The fourth-order valence-electron chi connectivity index (χ4n) is 2.18. The minimum atomic E-state index is -0.948. The zero-order chi connectivity index (χ0) is 15.5. The lowest BCUT2D eigenvalue weighted by molar-refractivity contribution is -0.136. The summed E-state index contributed by atoms with van der Waals surface area (Å²) in [7, 11) is 0. The highest BCUT2D eigenvalue weighted by Gasteiger charge is 2.14. The third-order valence-electron chi connectivity index (χ3n) is 3.26. The van der Waals surface area contributed by atoms with Gasteiger partial charge in [-0.1, -0.05) is 24.3 Å².